The lowest BCUT2D eigenvalue weighted by Gasteiger charge is -2.12. The maximum Gasteiger partial charge on any atom is 0.266 e. The molecule has 132 valence electrons. The molecule has 0 fully saturated rings. The highest BCUT2D eigenvalue weighted by atomic mass is 35.5. The van der Waals surface area contributed by atoms with Crippen molar-refractivity contribution in [3.05, 3.63) is 99.6 Å². The summed E-state index contributed by atoms with van der Waals surface area (Å²) in [7, 11) is 0. The molecule has 0 spiro atoms. The molecular formula is C22H15ClN2O2. The standard InChI is InChI=1S/C22H15ClN2O2/c23-17-9-3-1-7-15(17)13-14-21-24-18-10-4-2-8-16(18)22(27)25(21)19-11-5-6-12-20(19)26/h1-14,26H. The van der Waals surface area contributed by atoms with Crippen molar-refractivity contribution in [2.75, 3.05) is 0 Å². The lowest BCUT2D eigenvalue weighted by molar-refractivity contribution is 0.471. The van der Waals surface area contributed by atoms with Crippen LogP contribution in [0.2, 0.25) is 5.02 Å². The summed E-state index contributed by atoms with van der Waals surface area (Å²) >= 11 is 6.22. The Morgan fingerprint density at radius 2 is 1.59 bits per heavy atom. The molecule has 0 atom stereocenters. The fraction of sp³-hybridized carbons (Fsp3) is 0. The second-order valence-electron chi connectivity index (χ2n) is 5.97. The van der Waals surface area contributed by atoms with Crippen molar-refractivity contribution < 1.29 is 5.11 Å². The van der Waals surface area contributed by atoms with Crippen LogP contribution in [0.15, 0.2) is 77.6 Å². The van der Waals surface area contributed by atoms with E-state index < -0.39 is 0 Å². The number of nitrogens with zero attached hydrogens (tertiary/aromatic N) is 2. The molecule has 1 aromatic heterocycles. The summed E-state index contributed by atoms with van der Waals surface area (Å²) in [6.07, 6.45) is 3.52. The molecule has 0 radical (unpaired) electrons. The summed E-state index contributed by atoms with van der Waals surface area (Å²) in [6, 6.07) is 21.2. The smallest absolute Gasteiger partial charge is 0.266 e. The average molecular weight is 375 g/mol. The van der Waals surface area contributed by atoms with E-state index in [1.165, 1.54) is 4.57 Å². The van der Waals surface area contributed by atoms with Gasteiger partial charge in [-0.15, -0.1) is 0 Å². The van der Waals surface area contributed by atoms with Crippen molar-refractivity contribution in [3.63, 3.8) is 0 Å². The Morgan fingerprint density at radius 3 is 2.41 bits per heavy atom. The summed E-state index contributed by atoms with van der Waals surface area (Å²) in [5.41, 5.74) is 1.53. The Kier molecular flexibility index (Phi) is 4.48. The third-order valence-corrected chi connectivity index (χ3v) is 4.59. The molecule has 4 nitrogen and oxygen atoms in total. The Labute approximate surface area is 160 Å². The molecule has 0 aliphatic heterocycles. The van der Waals surface area contributed by atoms with Crippen LogP contribution in [0.4, 0.5) is 0 Å². The predicted molar refractivity (Wildman–Crippen MR) is 109 cm³/mol. The Morgan fingerprint density at radius 1 is 0.889 bits per heavy atom. The highest BCUT2D eigenvalue weighted by Crippen LogP contribution is 2.23. The number of fused-ring (bicyclic) bond motifs is 1. The number of aromatic nitrogens is 2. The van der Waals surface area contributed by atoms with Gasteiger partial charge in [0.1, 0.15) is 11.6 Å². The zero-order valence-electron chi connectivity index (χ0n) is 14.2. The van der Waals surface area contributed by atoms with Crippen LogP contribution < -0.4 is 5.56 Å². The van der Waals surface area contributed by atoms with Gasteiger partial charge >= 0.3 is 0 Å². The second-order valence-corrected chi connectivity index (χ2v) is 6.38. The number of rotatable bonds is 3. The Balaban J connectivity index is 1.99. The summed E-state index contributed by atoms with van der Waals surface area (Å²) in [5.74, 6) is 0.407. The molecule has 3 aromatic carbocycles. The average Bonchev–Trinajstić information content (AvgIpc) is 2.68. The molecule has 0 aliphatic carbocycles. The van der Waals surface area contributed by atoms with Gasteiger partial charge in [-0.25, -0.2) is 4.98 Å². The minimum absolute atomic E-state index is 0.00377. The maximum absolute atomic E-state index is 13.1. The topological polar surface area (TPSA) is 55.1 Å². The van der Waals surface area contributed by atoms with Crippen molar-refractivity contribution in [2.24, 2.45) is 0 Å². The van der Waals surface area contributed by atoms with Gasteiger partial charge < -0.3 is 5.11 Å². The van der Waals surface area contributed by atoms with E-state index in [1.807, 2.05) is 24.3 Å². The van der Waals surface area contributed by atoms with E-state index in [0.29, 0.717) is 27.4 Å². The van der Waals surface area contributed by atoms with Gasteiger partial charge in [-0.2, -0.15) is 0 Å². The van der Waals surface area contributed by atoms with Crippen LogP contribution in [0.3, 0.4) is 0 Å². The van der Waals surface area contributed by atoms with Crippen LogP contribution in [0.25, 0.3) is 28.7 Å². The highest BCUT2D eigenvalue weighted by Gasteiger charge is 2.13. The maximum atomic E-state index is 13.1. The van der Waals surface area contributed by atoms with E-state index in [1.54, 1.807) is 60.7 Å². The van der Waals surface area contributed by atoms with Gasteiger partial charge in [0.2, 0.25) is 0 Å². The zero-order chi connectivity index (χ0) is 18.8. The first-order chi connectivity index (χ1) is 13.1. The van der Waals surface area contributed by atoms with E-state index in [4.69, 9.17) is 11.6 Å². The van der Waals surface area contributed by atoms with Crippen molar-refractivity contribution in [2.45, 2.75) is 0 Å². The Hall–Kier alpha value is -3.37. The monoisotopic (exact) mass is 374 g/mol. The van der Waals surface area contributed by atoms with Gasteiger partial charge in [-0.3, -0.25) is 9.36 Å². The molecular weight excluding hydrogens is 360 g/mol. The third-order valence-electron chi connectivity index (χ3n) is 4.24. The zero-order valence-corrected chi connectivity index (χ0v) is 15.0. The van der Waals surface area contributed by atoms with Crippen LogP contribution in [0, 0.1) is 0 Å². The van der Waals surface area contributed by atoms with Gasteiger partial charge in [-0.1, -0.05) is 54.1 Å². The quantitative estimate of drug-likeness (QED) is 0.554. The van der Waals surface area contributed by atoms with Gasteiger partial charge in [0, 0.05) is 5.02 Å². The summed E-state index contributed by atoms with van der Waals surface area (Å²) in [4.78, 5) is 17.8. The number of hydrogen-bond donors (Lipinski definition) is 1. The Bertz CT molecular complexity index is 1230. The molecule has 5 heteroatoms. The molecule has 0 saturated heterocycles. The molecule has 4 aromatic rings. The molecule has 0 saturated carbocycles. The number of halogens is 1. The fourth-order valence-electron chi connectivity index (χ4n) is 2.92. The molecule has 1 N–H and O–H groups in total. The van der Waals surface area contributed by atoms with Crippen molar-refractivity contribution in [1.29, 1.82) is 0 Å². The van der Waals surface area contributed by atoms with Crippen LogP contribution >= 0.6 is 11.6 Å². The SMILES string of the molecule is O=c1c2ccccc2nc(C=Cc2ccccc2Cl)n1-c1ccccc1O. The fourth-order valence-corrected chi connectivity index (χ4v) is 3.12. The van der Waals surface area contributed by atoms with Crippen molar-refractivity contribution in [3.8, 4) is 11.4 Å². The normalized spacial score (nSPS) is 11.3. The number of benzene rings is 3. The molecule has 0 bridgehead atoms. The summed E-state index contributed by atoms with van der Waals surface area (Å²) in [5, 5.41) is 11.4. The molecule has 0 unspecified atom stereocenters. The molecule has 27 heavy (non-hydrogen) atoms. The lowest BCUT2D eigenvalue weighted by Crippen LogP contribution is -2.22. The number of hydrogen-bond acceptors (Lipinski definition) is 3. The first-order valence-electron chi connectivity index (χ1n) is 8.38. The van der Waals surface area contributed by atoms with Crippen LogP contribution in [0.5, 0.6) is 5.75 Å². The minimum atomic E-state index is -0.249. The molecule has 0 amide bonds. The summed E-state index contributed by atoms with van der Waals surface area (Å²) in [6.45, 7) is 0. The minimum Gasteiger partial charge on any atom is -0.506 e. The van der Waals surface area contributed by atoms with Gasteiger partial charge in [-0.05, 0) is 48.0 Å². The van der Waals surface area contributed by atoms with Gasteiger partial charge in [0.25, 0.3) is 5.56 Å². The van der Waals surface area contributed by atoms with E-state index >= 15 is 0 Å². The predicted octanol–water partition coefficient (Wildman–Crippen LogP) is 4.92. The molecule has 1 heterocycles. The first kappa shape index (κ1) is 17.1. The molecule has 0 aliphatic rings. The molecule has 4 rings (SSSR count). The van der Waals surface area contributed by atoms with E-state index in [0.717, 1.165) is 5.56 Å². The van der Waals surface area contributed by atoms with Crippen LogP contribution in [-0.4, -0.2) is 14.7 Å². The first-order valence-corrected chi connectivity index (χ1v) is 8.76. The number of phenolic OH excluding ortho intramolecular Hbond substituents is 1. The van der Waals surface area contributed by atoms with E-state index in [-0.39, 0.29) is 11.3 Å². The summed E-state index contributed by atoms with van der Waals surface area (Å²) < 4.78 is 1.41. The number of aromatic hydroxyl groups is 1. The van der Waals surface area contributed by atoms with Gasteiger partial charge in [0.15, 0.2) is 0 Å². The highest BCUT2D eigenvalue weighted by molar-refractivity contribution is 6.32. The van der Waals surface area contributed by atoms with Crippen LogP contribution in [0.1, 0.15) is 11.4 Å². The van der Waals surface area contributed by atoms with E-state index in [9.17, 15) is 9.90 Å². The van der Waals surface area contributed by atoms with Crippen LogP contribution in [-0.2, 0) is 0 Å². The third kappa shape index (κ3) is 3.23. The number of phenols is 1. The van der Waals surface area contributed by atoms with E-state index in [2.05, 4.69) is 4.98 Å². The number of para-hydroxylation sites is 3. The van der Waals surface area contributed by atoms with Crippen molar-refractivity contribution in [1.82, 2.24) is 9.55 Å². The second kappa shape index (κ2) is 7.09. The van der Waals surface area contributed by atoms with Crippen molar-refractivity contribution >= 4 is 34.7 Å². The largest absolute Gasteiger partial charge is 0.506 e. The van der Waals surface area contributed by atoms with Gasteiger partial charge in [0.05, 0.1) is 16.6 Å². The lowest BCUT2D eigenvalue weighted by atomic mass is 10.2.